The van der Waals surface area contributed by atoms with Crippen molar-refractivity contribution in [3.8, 4) is 17.1 Å². The van der Waals surface area contributed by atoms with Crippen LogP contribution in [0.5, 0.6) is 5.75 Å². The summed E-state index contributed by atoms with van der Waals surface area (Å²) in [6.45, 7) is 4.39. The summed E-state index contributed by atoms with van der Waals surface area (Å²) in [6, 6.07) is 36.2. The molecule has 4 nitrogen and oxygen atoms in total. The maximum atomic E-state index is 9.75. The minimum atomic E-state index is -6.00. The Morgan fingerprint density at radius 1 is 0.655 bits per heavy atom. The molecular formula is C48H44BClF4N2O2. The summed E-state index contributed by atoms with van der Waals surface area (Å²) < 4.78 is 52.1. The molecule has 0 spiro atoms. The van der Waals surface area contributed by atoms with Gasteiger partial charge in [-0.25, -0.2) is 4.42 Å². The first-order chi connectivity index (χ1) is 28.2. The predicted molar refractivity (Wildman–Crippen MR) is 232 cm³/mol. The molecule has 0 atom stereocenters. The van der Waals surface area contributed by atoms with Gasteiger partial charge in [0, 0.05) is 65.3 Å². The molecule has 296 valence electrons. The molecule has 0 bridgehead atoms. The molecule has 9 rings (SSSR count). The summed E-state index contributed by atoms with van der Waals surface area (Å²) >= 11 is 7.25. The Kier molecular flexibility index (Phi) is 11.9. The Morgan fingerprint density at radius 2 is 1.28 bits per heavy atom. The van der Waals surface area contributed by atoms with Gasteiger partial charge in [-0.2, -0.15) is 0 Å². The van der Waals surface area contributed by atoms with Gasteiger partial charge in [0.25, 0.3) is 0 Å². The van der Waals surface area contributed by atoms with E-state index in [1.165, 1.54) is 37.1 Å². The van der Waals surface area contributed by atoms with Crippen LogP contribution in [-0.4, -0.2) is 33.4 Å². The van der Waals surface area contributed by atoms with E-state index in [1.807, 2.05) is 12.1 Å². The van der Waals surface area contributed by atoms with Crippen molar-refractivity contribution in [2.75, 3.05) is 36.0 Å². The van der Waals surface area contributed by atoms with Crippen molar-refractivity contribution < 1.29 is 26.4 Å². The average Bonchev–Trinajstić information content (AvgIpc) is 3.99. The largest absolute Gasteiger partial charge is 0.673 e. The Labute approximate surface area is 342 Å². The van der Waals surface area contributed by atoms with Crippen LogP contribution in [0.1, 0.15) is 61.6 Å². The zero-order chi connectivity index (χ0) is 40.1. The van der Waals surface area contributed by atoms with Crippen molar-refractivity contribution >= 4 is 58.6 Å². The monoisotopic (exact) mass is 802 g/mol. The number of fused-ring (bicyclic) bond motifs is 2. The number of allylic oxidation sites excluding steroid dienone is 8. The van der Waals surface area contributed by atoms with Gasteiger partial charge < -0.3 is 31.8 Å². The van der Waals surface area contributed by atoms with Gasteiger partial charge in [-0.05, 0) is 104 Å². The second-order valence-corrected chi connectivity index (χ2v) is 15.4. The molecule has 3 aliphatic heterocycles. The molecule has 4 heterocycles. The van der Waals surface area contributed by atoms with E-state index < -0.39 is 7.25 Å². The smallest absolute Gasteiger partial charge is 0.456 e. The third-order valence-electron chi connectivity index (χ3n) is 11.0. The summed E-state index contributed by atoms with van der Waals surface area (Å²) in [5, 5.41) is 1.95. The lowest BCUT2D eigenvalue weighted by Crippen LogP contribution is -2.17. The standard InChI is InChI=1S/C48H44ClN2O2.BF4/c49-48-36(18-20-38-30-44(34-12-3-1-4-13-34)52-46-32-40(22-24-42(38)46)50-26-7-8-27-50)16-11-17-37(48)19-21-39-31-45(35-14-5-2-6-15-35)53-47-33-41(23-25-43(39)47)51-28-9-10-29-51;2-1(3,4)5/h1-6,12-15,18-25,30-33H,7-11,16-17,26-29H2;/q+1;-1. The number of halogens is 5. The van der Waals surface area contributed by atoms with Crippen LogP contribution in [0.15, 0.2) is 148 Å². The van der Waals surface area contributed by atoms with E-state index in [1.54, 1.807) is 0 Å². The fourth-order valence-electron chi connectivity index (χ4n) is 8.10. The summed E-state index contributed by atoms with van der Waals surface area (Å²) in [5.74, 6) is 2.62. The van der Waals surface area contributed by atoms with Gasteiger partial charge in [-0.1, -0.05) is 84.4 Å². The van der Waals surface area contributed by atoms with Crippen LogP contribution in [0.25, 0.3) is 39.7 Å². The number of ether oxygens (including phenoxy) is 1. The highest BCUT2D eigenvalue weighted by atomic mass is 35.5. The SMILES string of the molecule is ClC1=C(/C=C/c2cc(-c3ccccc3)[o+]c3cc(N4CCCC4)ccc23)CCC/C1=C\C=C1/C=C(c2ccccc2)Oc2cc(N3CCCC3)ccc21.F[B-](F)(F)F. The topological polar surface area (TPSA) is 27.0 Å². The van der Waals surface area contributed by atoms with E-state index in [-0.39, 0.29) is 0 Å². The number of hydrogen-bond acceptors (Lipinski definition) is 3. The maximum Gasteiger partial charge on any atom is 0.673 e. The van der Waals surface area contributed by atoms with Gasteiger partial charge >= 0.3 is 18.6 Å². The molecule has 2 fully saturated rings. The van der Waals surface area contributed by atoms with Crippen molar-refractivity contribution in [3.05, 3.63) is 160 Å². The van der Waals surface area contributed by atoms with E-state index in [9.17, 15) is 17.3 Å². The Morgan fingerprint density at radius 3 is 1.95 bits per heavy atom. The van der Waals surface area contributed by atoms with E-state index in [4.69, 9.17) is 20.8 Å². The average molecular weight is 803 g/mol. The molecule has 0 radical (unpaired) electrons. The molecule has 58 heavy (non-hydrogen) atoms. The van der Waals surface area contributed by atoms with Crippen LogP contribution in [0, 0.1) is 0 Å². The van der Waals surface area contributed by atoms with Crippen LogP contribution in [0.3, 0.4) is 0 Å². The lowest BCUT2D eigenvalue weighted by Gasteiger charge is -2.24. The molecule has 1 aromatic heterocycles. The quantitative estimate of drug-likeness (QED) is 0.0930. The Balaban J connectivity index is 0.000000887. The molecular weight excluding hydrogens is 759 g/mol. The minimum absolute atomic E-state index is 0.845. The van der Waals surface area contributed by atoms with Crippen LogP contribution >= 0.6 is 11.6 Å². The number of rotatable bonds is 7. The number of anilines is 2. The van der Waals surface area contributed by atoms with Crippen LogP contribution in [0.2, 0.25) is 0 Å². The van der Waals surface area contributed by atoms with Gasteiger partial charge in [0.15, 0.2) is 0 Å². The molecule has 0 N–H and O–H groups in total. The molecule has 0 amide bonds. The fourth-order valence-corrected chi connectivity index (χ4v) is 8.41. The van der Waals surface area contributed by atoms with Gasteiger partial charge in [-0.15, -0.1) is 0 Å². The highest BCUT2D eigenvalue weighted by molar-refractivity contribution is 6.50. The third kappa shape index (κ3) is 9.42. The van der Waals surface area contributed by atoms with E-state index in [0.29, 0.717) is 0 Å². The maximum absolute atomic E-state index is 9.75. The van der Waals surface area contributed by atoms with Gasteiger partial charge in [0.1, 0.15) is 11.5 Å². The normalized spacial score (nSPS) is 18.5. The molecule has 1 aliphatic carbocycles. The van der Waals surface area contributed by atoms with Crippen LogP contribution in [0.4, 0.5) is 28.6 Å². The summed E-state index contributed by atoms with van der Waals surface area (Å²) in [7, 11) is -6.00. The molecule has 0 unspecified atom stereocenters. The number of benzene rings is 4. The summed E-state index contributed by atoms with van der Waals surface area (Å²) in [4.78, 5) is 4.91. The highest BCUT2D eigenvalue weighted by Crippen LogP contribution is 2.41. The molecule has 4 aliphatic rings. The van der Waals surface area contributed by atoms with Gasteiger partial charge in [-0.3, -0.25) is 0 Å². The first-order valence-corrected chi connectivity index (χ1v) is 20.4. The lowest BCUT2D eigenvalue weighted by atomic mass is 9.92. The first-order valence-electron chi connectivity index (χ1n) is 20.1. The first kappa shape index (κ1) is 39.3. The summed E-state index contributed by atoms with van der Waals surface area (Å²) in [5.41, 5.74) is 11.2. The minimum Gasteiger partial charge on any atom is -0.456 e. The third-order valence-corrected chi connectivity index (χ3v) is 11.5. The number of nitrogens with zero attached hydrogens (tertiary/aromatic N) is 2. The summed E-state index contributed by atoms with van der Waals surface area (Å²) in [6.07, 6.45) is 18.9. The van der Waals surface area contributed by atoms with Crippen molar-refractivity contribution in [2.45, 2.75) is 44.9 Å². The second kappa shape index (κ2) is 17.5. The van der Waals surface area contributed by atoms with Gasteiger partial charge in [0.05, 0.1) is 23.1 Å². The van der Waals surface area contributed by atoms with Crippen molar-refractivity contribution in [1.82, 2.24) is 0 Å². The molecule has 0 saturated carbocycles. The van der Waals surface area contributed by atoms with Crippen molar-refractivity contribution in [2.24, 2.45) is 0 Å². The van der Waals surface area contributed by atoms with Crippen LogP contribution < -0.4 is 14.5 Å². The molecule has 10 heteroatoms. The van der Waals surface area contributed by atoms with E-state index in [2.05, 4.69) is 131 Å². The van der Waals surface area contributed by atoms with E-state index >= 15 is 0 Å². The Hall–Kier alpha value is -5.54. The number of hydrogen-bond donors (Lipinski definition) is 0. The highest BCUT2D eigenvalue weighted by Gasteiger charge is 2.24. The van der Waals surface area contributed by atoms with Gasteiger partial charge in [0.2, 0.25) is 0 Å². The van der Waals surface area contributed by atoms with Crippen LogP contribution in [-0.2, 0) is 0 Å². The van der Waals surface area contributed by atoms with Crippen molar-refractivity contribution in [1.29, 1.82) is 0 Å². The molecule has 5 aromatic rings. The molecule has 4 aromatic carbocycles. The Bertz CT molecular complexity index is 2430. The predicted octanol–water partition coefficient (Wildman–Crippen LogP) is 14.0. The molecule has 2 saturated heterocycles. The lowest BCUT2D eigenvalue weighted by molar-refractivity contribution is 0.368. The fraction of sp³-hybridized carbons (Fsp3) is 0.229. The zero-order valence-electron chi connectivity index (χ0n) is 32.2. The van der Waals surface area contributed by atoms with Crippen molar-refractivity contribution in [3.63, 3.8) is 0 Å². The zero-order valence-corrected chi connectivity index (χ0v) is 32.9. The van der Waals surface area contributed by atoms with E-state index in [0.717, 1.165) is 118 Å². The second-order valence-electron chi connectivity index (χ2n) is 15.0.